The summed E-state index contributed by atoms with van der Waals surface area (Å²) in [4.78, 5) is 4.20. The van der Waals surface area contributed by atoms with Crippen LogP contribution in [0.25, 0.3) is 11.5 Å². The van der Waals surface area contributed by atoms with E-state index in [0.29, 0.717) is 11.8 Å². The third-order valence-electron chi connectivity index (χ3n) is 2.48. The molecule has 0 saturated heterocycles. The molecule has 0 radical (unpaired) electrons. The Morgan fingerprint density at radius 2 is 2.18 bits per heavy atom. The van der Waals surface area contributed by atoms with Crippen molar-refractivity contribution in [2.24, 2.45) is 0 Å². The molecule has 17 heavy (non-hydrogen) atoms. The van der Waals surface area contributed by atoms with E-state index in [4.69, 9.17) is 4.42 Å². The Morgan fingerprint density at radius 3 is 2.82 bits per heavy atom. The van der Waals surface area contributed by atoms with Gasteiger partial charge in [0.1, 0.15) is 0 Å². The van der Waals surface area contributed by atoms with Gasteiger partial charge in [0.2, 0.25) is 11.8 Å². The monoisotopic (exact) mass is 232 g/mol. The van der Waals surface area contributed by atoms with Crippen molar-refractivity contribution in [3.8, 4) is 11.5 Å². The second-order valence-electron chi connectivity index (χ2n) is 3.91. The summed E-state index contributed by atoms with van der Waals surface area (Å²) in [7, 11) is 0. The van der Waals surface area contributed by atoms with E-state index in [2.05, 4.69) is 20.5 Å². The molecule has 2 heterocycles. The van der Waals surface area contributed by atoms with Crippen LogP contribution in [-0.4, -0.2) is 21.7 Å². The second kappa shape index (κ2) is 5.05. The highest BCUT2D eigenvalue weighted by Gasteiger charge is 2.13. The van der Waals surface area contributed by atoms with Crippen molar-refractivity contribution >= 4 is 0 Å². The van der Waals surface area contributed by atoms with E-state index >= 15 is 0 Å². The maximum Gasteiger partial charge on any atom is 0.249 e. The molecule has 0 aliphatic rings. The molecule has 0 aliphatic heterocycles. The van der Waals surface area contributed by atoms with Crippen molar-refractivity contribution in [1.29, 1.82) is 0 Å². The number of hydrogen-bond acceptors (Lipinski definition) is 5. The van der Waals surface area contributed by atoms with Crippen LogP contribution in [0.4, 0.5) is 0 Å². The Labute approximate surface area is 100 Å². The number of hydrogen-bond donors (Lipinski definition) is 1. The van der Waals surface area contributed by atoms with Crippen LogP contribution in [0.5, 0.6) is 0 Å². The predicted octanol–water partition coefficient (Wildman–Crippen LogP) is 2.11. The molecule has 0 amide bonds. The maximum atomic E-state index is 5.60. The van der Waals surface area contributed by atoms with Crippen molar-refractivity contribution in [1.82, 2.24) is 20.5 Å². The molecule has 1 atom stereocenters. The average molecular weight is 232 g/mol. The van der Waals surface area contributed by atoms with Crippen molar-refractivity contribution in [2.75, 3.05) is 6.54 Å². The number of pyridine rings is 1. The summed E-state index contributed by atoms with van der Waals surface area (Å²) >= 11 is 0. The summed E-state index contributed by atoms with van der Waals surface area (Å²) in [6, 6.07) is 3.92. The van der Waals surface area contributed by atoms with Crippen molar-refractivity contribution in [2.45, 2.75) is 26.8 Å². The van der Waals surface area contributed by atoms with Gasteiger partial charge in [0.25, 0.3) is 0 Å². The van der Waals surface area contributed by atoms with Gasteiger partial charge in [-0.25, -0.2) is 0 Å². The highest BCUT2D eigenvalue weighted by molar-refractivity contribution is 5.50. The van der Waals surface area contributed by atoms with Gasteiger partial charge in [0, 0.05) is 11.9 Å². The number of aromatic nitrogens is 3. The van der Waals surface area contributed by atoms with Gasteiger partial charge in [-0.2, -0.15) is 0 Å². The van der Waals surface area contributed by atoms with Crippen LogP contribution in [0.2, 0.25) is 0 Å². The fourth-order valence-corrected chi connectivity index (χ4v) is 1.51. The predicted molar refractivity (Wildman–Crippen MR) is 64.4 cm³/mol. The summed E-state index contributed by atoms with van der Waals surface area (Å²) in [5, 5.41) is 11.3. The van der Waals surface area contributed by atoms with E-state index in [0.717, 1.165) is 17.8 Å². The Hall–Kier alpha value is -1.75. The first-order valence-corrected chi connectivity index (χ1v) is 5.70. The van der Waals surface area contributed by atoms with E-state index in [1.807, 2.05) is 32.9 Å². The molecule has 5 nitrogen and oxygen atoms in total. The summed E-state index contributed by atoms with van der Waals surface area (Å²) < 4.78 is 5.60. The first-order chi connectivity index (χ1) is 8.20. The normalized spacial score (nSPS) is 12.6. The van der Waals surface area contributed by atoms with Crippen LogP contribution in [-0.2, 0) is 0 Å². The molecule has 0 bridgehead atoms. The van der Waals surface area contributed by atoms with Gasteiger partial charge < -0.3 is 9.73 Å². The molecule has 2 rings (SSSR count). The lowest BCUT2D eigenvalue weighted by Gasteiger charge is -2.05. The van der Waals surface area contributed by atoms with E-state index in [-0.39, 0.29) is 6.04 Å². The molecular formula is C12H16N4O. The van der Waals surface area contributed by atoms with Crippen molar-refractivity contribution in [3.05, 3.63) is 29.9 Å². The van der Waals surface area contributed by atoms with Gasteiger partial charge in [-0.1, -0.05) is 6.92 Å². The van der Waals surface area contributed by atoms with Gasteiger partial charge in [-0.3, -0.25) is 4.98 Å². The number of rotatable bonds is 4. The van der Waals surface area contributed by atoms with Crippen LogP contribution in [0.15, 0.2) is 22.7 Å². The van der Waals surface area contributed by atoms with Crippen LogP contribution in [0.1, 0.15) is 31.5 Å². The molecular weight excluding hydrogens is 216 g/mol. The van der Waals surface area contributed by atoms with Crippen molar-refractivity contribution < 1.29 is 4.42 Å². The van der Waals surface area contributed by atoms with Crippen molar-refractivity contribution in [3.63, 3.8) is 0 Å². The molecule has 0 aliphatic carbocycles. The molecule has 1 unspecified atom stereocenters. The molecule has 1 N–H and O–H groups in total. The largest absolute Gasteiger partial charge is 0.419 e. The number of nitrogens with one attached hydrogen (secondary N) is 1. The fourth-order valence-electron chi connectivity index (χ4n) is 1.51. The van der Waals surface area contributed by atoms with Crippen LogP contribution < -0.4 is 5.32 Å². The van der Waals surface area contributed by atoms with Gasteiger partial charge in [-0.15, -0.1) is 10.2 Å². The van der Waals surface area contributed by atoms with Gasteiger partial charge >= 0.3 is 0 Å². The average Bonchev–Trinajstić information content (AvgIpc) is 2.80. The molecule has 0 aromatic carbocycles. The SMILES string of the molecule is CCNC(C)c1nnc(-c2ccc(C)nc2)o1. The summed E-state index contributed by atoms with van der Waals surface area (Å²) in [5.74, 6) is 1.11. The highest BCUT2D eigenvalue weighted by Crippen LogP contribution is 2.19. The quantitative estimate of drug-likeness (QED) is 0.874. The van der Waals surface area contributed by atoms with E-state index in [9.17, 15) is 0 Å². The zero-order chi connectivity index (χ0) is 12.3. The van der Waals surface area contributed by atoms with E-state index in [1.54, 1.807) is 6.20 Å². The Morgan fingerprint density at radius 1 is 1.35 bits per heavy atom. The fraction of sp³-hybridized carbons (Fsp3) is 0.417. The van der Waals surface area contributed by atoms with Gasteiger partial charge in [0.05, 0.1) is 11.6 Å². The first kappa shape index (κ1) is 11.7. The van der Waals surface area contributed by atoms with Crippen LogP contribution in [0.3, 0.4) is 0 Å². The zero-order valence-electron chi connectivity index (χ0n) is 10.3. The summed E-state index contributed by atoms with van der Waals surface area (Å²) in [6.45, 7) is 6.84. The minimum Gasteiger partial charge on any atom is -0.419 e. The van der Waals surface area contributed by atoms with E-state index < -0.39 is 0 Å². The Bertz CT molecular complexity index is 478. The third kappa shape index (κ3) is 2.68. The topological polar surface area (TPSA) is 63.8 Å². The second-order valence-corrected chi connectivity index (χ2v) is 3.91. The van der Waals surface area contributed by atoms with Crippen LogP contribution in [0, 0.1) is 6.92 Å². The van der Waals surface area contributed by atoms with E-state index in [1.165, 1.54) is 0 Å². The minimum absolute atomic E-state index is 0.0691. The van der Waals surface area contributed by atoms with Crippen LogP contribution >= 0.6 is 0 Å². The summed E-state index contributed by atoms with van der Waals surface area (Å²) in [6.07, 6.45) is 1.74. The molecule has 0 saturated carbocycles. The lowest BCUT2D eigenvalue weighted by atomic mass is 10.2. The zero-order valence-corrected chi connectivity index (χ0v) is 10.3. The lowest BCUT2D eigenvalue weighted by Crippen LogP contribution is -2.17. The third-order valence-corrected chi connectivity index (χ3v) is 2.48. The highest BCUT2D eigenvalue weighted by atomic mass is 16.4. The van der Waals surface area contributed by atoms with Gasteiger partial charge in [-0.05, 0) is 32.5 Å². The smallest absolute Gasteiger partial charge is 0.249 e. The molecule has 2 aromatic rings. The molecule has 90 valence electrons. The molecule has 5 heteroatoms. The molecule has 0 fully saturated rings. The minimum atomic E-state index is 0.0691. The molecule has 0 spiro atoms. The lowest BCUT2D eigenvalue weighted by molar-refractivity contribution is 0.429. The standard InChI is InChI=1S/C12H16N4O/c1-4-13-9(3)11-15-16-12(17-11)10-6-5-8(2)14-7-10/h5-7,9,13H,4H2,1-3H3. The Balaban J connectivity index is 2.20. The van der Waals surface area contributed by atoms with Gasteiger partial charge in [0.15, 0.2) is 0 Å². The summed E-state index contributed by atoms with van der Waals surface area (Å²) in [5.41, 5.74) is 1.81. The first-order valence-electron chi connectivity index (χ1n) is 5.70. The Kier molecular flexibility index (Phi) is 3.49. The molecule has 2 aromatic heterocycles. The maximum absolute atomic E-state index is 5.60. The number of aryl methyl sites for hydroxylation is 1. The number of nitrogens with zero attached hydrogens (tertiary/aromatic N) is 3.